The molecule has 0 radical (unpaired) electrons. The second kappa shape index (κ2) is 5.53. The highest BCUT2D eigenvalue weighted by molar-refractivity contribution is 7.15. The van der Waals surface area contributed by atoms with E-state index < -0.39 is 5.41 Å². The third-order valence-electron chi connectivity index (χ3n) is 4.42. The minimum atomic E-state index is -0.841. The largest absolute Gasteiger partial charge is 0.301 e. The highest BCUT2D eigenvalue weighted by Crippen LogP contribution is 2.37. The first-order valence-electron chi connectivity index (χ1n) is 7.45. The number of carbonyl (C=O) groups is 1. The number of carbonyl (C=O) groups excluding carboxylic acids is 1. The summed E-state index contributed by atoms with van der Waals surface area (Å²) in [6, 6.07) is 2.29. The van der Waals surface area contributed by atoms with Gasteiger partial charge in [0.1, 0.15) is 5.41 Å². The standard InChI is InChI=1S/C15H19N3OS/c16-10-15(8-3-1-2-4-9-15)13(19)18-14-17-11-6-5-7-12(11)20-14/h1-9H2,(H,17,18,19). The van der Waals surface area contributed by atoms with Crippen LogP contribution >= 0.6 is 11.3 Å². The molecule has 1 aromatic rings. The second-order valence-electron chi connectivity index (χ2n) is 5.80. The number of hydrogen-bond acceptors (Lipinski definition) is 4. The summed E-state index contributed by atoms with van der Waals surface area (Å²) in [7, 11) is 0. The Morgan fingerprint density at radius 3 is 2.60 bits per heavy atom. The Balaban J connectivity index is 1.75. The van der Waals surface area contributed by atoms with Gasteiger partial charge < -0.3 is 5.32 Å². The van der Waals surface area contributed by atoms with Crippen LogP contribution < -0.4 is 5.32 Å². The highest BCUT2D eigenvalue weighted by atomic mass is 32.1. The van der Waals surface area contributed by atoms with Crippen molar-refractivity contribution < 1.29 is 4.79 Å². The van der Waals surface area contributed by atoms with Crippen LogP contribution in [0.3, 0.4) is 0 Å². The molecule has 0 unspecified atom stereocenters. The molecule has 0 aromatic carbocycles. The number of thiazole rings is 1. The number of aryl methyl sites for hydroxylation is 2. The van der Waals surface area contributed by atoms with Gasteiger partial charge in [-0.15, -0.1) is 11.3 Å². The fraction of sp³-hybridized carbons (Fsp3) is 0.667. The van der Waals surface area contributed by atoms with E-state index in [0.29, 0.717) is 18.0 Å². The van der Waals surface area contributed by atoms with E-state index in [1.165, 1.54) is 11.3 Å². The molecule has 2 aliphatic rings. The molecule has 0 saturated heterocycles. The van der Waals surface area contributed by atoms with Crippen molar-refractivity contribution in [2.45, 2.75) is 57.8 Å². The van der Waals surface area contributed by atoms with Crippen molar-refractivity contribution in [3.05, 3.63) is 10.6 Å². The van der Waals surface area contributed by atoms with Crippen LogP contribution in [0.25, 0.3) is 0 Å². The van der Waals surface area contributed by atoms with E-state index in [0.717, 1.165) is 44.2 Å². The van der Waals surface area contributed by atoms with Crippen LogP contribution in [0.4, 0.5) is 5.13 Å². The van der Waals surface area contributed by atoms with Crippen LogP contribution in [0.15, 0.2) is 0 Å². The first-order valence-corrected chi connectivity index (χ1v) is 8.26. The lowest BCUT2D eigenvalue weighted by Gasteiger charge is -2.22. The molecule has 0 spiro atoms. The molecular formula is C15H19N3OS. The van der Waals surface area contributed by atoms with Crippen LogP contribution in [0.1, 0.15) is 55.5 Å². The summed E-state index contributed by atoms with van der Waals surface area (Å²) in [6.45, 7) is 0. The molecule has 106 valence electrons. The van der Waals surface area contributed by atoms with Gasteiger partial charge in [0.15, 0.2) is 5.13 Å². The first kappa shape index (κ1) is 13.6. The molecule has 1 amide bonds. The summed E-state index contributed by atoms with van der Waals surface area (Å²) in [5.41, 5.74) is 0.296. The molecule has 0 atom stereocenters. The quantitative estimate of drug-likeness (QED) is 0.848. The summed E-state index contributed by atoms with van der Waals surface area (Å²) < 4.78 is 0. The lowest BCUT2D eigenvalue weighted by Crippen LogP contribution is -2.34. The van der Waals surface area contributed by atoms with E-state index in [4.69, 9.17) is 0 Å². The van der Waals surface area contributed by atoms with Gasteiger partial charge >= 0.3 is 0 Å². The van der Waals surface area contributed by atoms with Gasteiger partial charge in [0.05, 0.1) is 11.8 Å². The van der Waals surface area contributed by atoms with Gasteiger partial charge in [-0.2, -0.15) is 5.26 Å². The molecule has 4 nitrogen and oxygen atoms in total. The SMILES string of the molecule is N#CC1(C(=O)Nc2nc3c(s2)CCC3)CCCCCC1. The number of hydrogen-bond donors (Lipinski definition) is 1. The summed E-state index contributed by atoms with van der Waals surface area (Å²) in [5.74, 6) is -0.144. The average molecular weight is 289 g/mol. The van der Waals surface area contributed by atoms with E-state index in [1.807, 2.05) is 0 Å². The lowest BCUT2D eigenvalue weighted by atomic mass is 9.81. The van der Waals surface area contributed by atoms with Crippen LogP contribution in [-0.2, 0) is 17.6 Å². The summed E-state index contributed by atoms with van der Waals surface area (Å²) in [6.07, 6.45) is 8.82. The van der Waals surface area contributed by atoms with Crippen LogP contribution in [0, 0.1) is 16.7 Å². The number of fused-ring (bicyclic) bond motifs is 1. The molecule has 5 heteroatoms. The number of nitrogens with zero attached hydrogens (tertiary/aromatic N) is 2. The Hall–Kier alpha value is -1.41. The minimum absolute atomic E-state index is 0.144. The Kier molecular flexibility index (Phi) is 3.75. The number of nitriles is 1. The van der Waals surface area contributed by atoms with Crippen LogP contribution in [-0.4, -0.2) is 10.9 Å². The van der Waals surface area contributed by atoms with E-state index in [1.54, 1.807) is 11.3 Å². The minimum Gasteiger partial charge on any atom is -0.301 e. The fourth-order valence-corrected chi connectivity index (χ4v) is 4.23. The summed E-state index contributed by atoms with van der Waals surface area (Å²) >= 11 is 1.58. The molecule has 1 heterocycles. The maximum Gasteiger partial charge on any atom is 0.246 e. The third kappa shape index (κ3) is 2.45. The molecule has 0 bridgehead atoms. The molecule has 0 aliphatic heterocycles. The van der Waals surface area contributed by atoms with Crippen molar-refractivity contribution in [1.82, 2.24) is 4.98 Å². The normalized spacial score (nSPS) is 20.8. The Bertz CT molecular complexity index is 528. The van der Waals surface area contributed by atoms with E-state index in [9.17, 15) is 10.1 Å². The average Bonchev–Trinajstić information content (AvgIpc) is 2.92. The number of anilines is 1. The van der Waals surface area contributed by atoms with Crippen molar-refractivity contribution in [3.63, 3.8) is 0 Å². The molecular weight excluding hydrogens is 270 g/mol. The Morgan fingerprint density at radius 2 is 1.95 bits per heavy atom. The van der Waals surface area contributed by atoms with E-state index >= 15 is 0 Å². The van der Waals surface area contributed by atoms with Crippen molar-refractivity contribution in [2.75, 3.05) is 5.32 Å². The van der Waals surface area contributed by atoms with Gasteiger partial charge in [-0.25, -0.2) is 4.98 Å². The Morgan fingerprint density at radius 1 is 1.20 bits per heavy atom. The van der Waals surface area contributed by atoms with Crippen molar-refractivity contribution >= 4 is 22.4 Å². The fourth-order valence-electron chi connectivity index (χ4n) is 3.18. The zero-order chi connectivity index (χ0) is 14.0. The molecule has 3 rings (SSSR count). The van der Waals surface area contributed by atoms with Crippen LogP contribution in [0.2, 0.25) is 0 Å². The maximum atomic E-state index is 12.5. The number of rotatable bonds is 2. The lowest BCUT2D eigenvalue weighted by molar-refractivity contribution is -0.123. The molecule has 2 aliphatic carbocycles. The second-order valence-corrected chi connectivity index (χ2v) is 6.89. The predicted octanol–water partition coefficient (Wildman–Crippen LogP) is 3.43. The van der Waals surface area contributed by atoms with Gasteiger partial charge in [-0.05, 0) is 32.1 Å². The highest BCUT2D eigenvalue weighted by Gasteiger charge is 2.39. The van der Waals surface area contributed by atoms with Crippen molar-refractivity contribution in [3.8, 4) is 6.07 Å². The predicted molar refractivity (Wildman–Crippen MR) is 78.5 cm³/mol. The molecule has 1 N–H and O–H groups in total. The van der Waals surface area contributed by atoms with Gasteiger partial charge in [0.2, 0.25) is 5.91 Å². The smallest absolute Gasteiger partial charge is 0.246 e. The van der Waals surface area contributed by atoms with Crippen molar-refractivity contribution in [1.29, 1.82) is 5.26 Å². The van der Waals surface area contributed by atoms with Gasteiger partial charge in [-0.1, -0.05) is 25.7 Å². The summed E-state index contributed by atoms with van der Waals surface area (Å²) in [4.78, 5) is 18.3. The maximum absolute atomic E-state index is 12.5. The number of aromatic nitrogens is 1. The van der Waals surface area contributed by atoms with E-state index in [-0.39, 0.29) is 5.91 Å². The van der Waals surface area contributed by atoms with Gasteiger partial charge in [0.25, 0.3) is 0 Å². The number of nitrogens with one attached hydrogen (secondary N) is 1. The summed E-state index contributed by atoms with van der Waals surface area (Å²) in [5, 5.41) is 13.1. The monoisotopic (exact) mass is 289 g/mol. The molecule has 20 heavy (non-hydrogen) atoms. The zero-order valence-electron chi connectivity index (χ0n) is 11.6. The molecule has 1 saturated carbocycles. The zero-order valence-corrected chi connectivity index (χ0v) is 12.4. The Labute approximate surface area is 123 Å². The van der Waals surface area contributed by atoms with Crippen LogP contribution in [0.5, 0.6) is 0 Å². The van der Waals surface area contributed by atoms with Gasteiger partial charge in [0, 0.05) is 4.88 Å². The van der Waals surface area contributed by atoms with E-state index in [2.05, 4.69) is 16.4 Å². The molecule has 1 aromatic heterocycles. The number of amides is 1. The third-order valence-corrected chi connectivity index (χ3v) is 5.49. The first-order chi connectivity index (χ1) is 9.73. The van der Waals surface area contributed by atoms with Gasteiger partial charge in [-0.3, -0.25) is 4.79 Å². The van der Waals surface area contributed by atoms with Crippen molar-refractivity contribution in [2.24, 2.45) is 5.41 Å². The topological polar surface area (TPSA) is 65.8 Å². The molecule has 1 fully saturated rings.